The summed E-state index contributed by atoms with van der Waals surface area (Å²) in [5.74, 6) is 0.0320. The molecule has 1 N–H and O–H groups in total. The van der Waals surface area contributed by atoms with Gasteiger partial charge in [0.05, 0.1) is 0 Å². The number of nitrogens with one attached hydrogen (secondary N) is 1. The zero-order chi connectivity index (χ0) is 16.1. The number of benzene rings is 2. The Hall–Kier alpha value is -2.09. The fourth-order valence-corrected chi connectivity index (χ4v) is 2.55. The molecule has 2 heteroatoms. The Morgan fingerprint density at radius 1 is 0.909 bits per heavy atom. The molecule has 0 aromatic heterocycles. The summed E-state index contributed by atoms with van der Waals surface area (Å²) in [6, 6.07) is 12.6. The number of aryl methyl sites for hydroxylation is 5. The van der Waals surface area contributed by atoms with Crippen molar-refractivity contribution in [2.75, 3.05) is 6.54 Å². The van der Waals surface area contributed by atoms with Gasteiger partial charge < -0.3 is 5.32 Å². The second-order valence-electron chi connectivity index (χ2n) is 6.10. The maximum absolute atomic E-state index is 12.3. The summed E-state index contributed by atoms with van der Waals surface area (Å²) in [4.78, 5) is 12.3. The highest BCUT2D eigenvalue weighted by Crippen LogP contribution is 2.15. The van der Waals surface area contributed by atoms with Crippen molar-refractivity contribution in [2.24, 2.45) is 0 Å². The molecule has 0 aliphatic rings. The topological polar surface area (TPSA) is 29.1 Å². The van der Waals surface area contributed by atoms with Crippen LogP contribution in [0.5, 0.6) is 0 Å². The Labute approximate surface area is 133 Å². The van der Waals surface area contributed by atoms with Crippen molar-refractivity contribution >= 4 is 5.91 Å². The second-order valence-corrected chi connectivity index (χ2v) is 6.10. The molecule has 0 unspecified atom stereocenters. The van der Waals surface area contributed by atoms with E-state index in [1.165, 1.54) is 16.7 Å². The lowest BCUT2D eigenvalue weighted by atomic mass is 10.0. The summed E-state index contributed by atoms with van der Waals surface area (Å²) < 4.78 is 0. The van der Waals surface area contributed by atoms with Gasteiger partial charge >= 0.3 is 0 Å². The molecule has 22 heavy (non-hydrogen) atoms. The monoisotopic (exact) mass is 295 g/mol. The summed E-state index contributed by atoms with van der Waals surface area (Å²) in [7, 11) is 0. The predicted octanol–water partition coefficient (Wildman–Crippen LogP) is 4.28. The first-order valence-electron chi connectivity index (χ1n) is 7.89. The van der Waals surface area contributed by atoms with Gasteiger partial charge in [-0.25, -0.2) is 0 Å². The molecule has 2 nitrogen and oxygen atoms in total. The molecule has 0 aliphatic heterocycles. The van der Waals surface area contributed by atoms with E-state index in [2.05, 4.69) is 49.5 Å². The Morgan fingerprint density at radius 2 is 1.55 bits per heavy atom. The lowest BCUT2D eigenvalue weighted by Crippen LogP contribution is -2.25. The van der Waals surface area contributed by atoms with Crippen LogP contribution < -0.4 is 5.32 Å². The van der Waals surface area contributed by atoms with Crippen LogP contribution >= 0.6 is 0 Å². The number of amides is 1. The van der Waals surface area contributed by atoms with Gasteiger partial charge in [-0.05, 0) is 68.9 Å². The lowest BCUT2D eigenvalue weighted by molar-refractivity contribution is 0.0952. The molecule has 2 aromatic carbocycles. The molecule has 0 radical (unpaired) electrons. The summed E-state index contributed by atoms with van der Waals surface area (Å²) in [5, 5.41) is 3.03. The molecule has 0 saturated carbocycles. The SMILES string of the molecule is Cc1ccc(CCCNC(=O)c2cc(C)c(C)cc2C)cc1. The van der Waals surface area contributed by atoms with Gasteiger partial charge in [0.1, 0.15) is 0 Å². The average Bonchev–Trinajstić information content (AvgIpc) is 2.49. The summed E-state index contributed by atoms with van der Waals surface area (Å²) in [5.41, 5.74) is 6.82. The van der Waals surface area contributed by atoms with Crippen molar-refractivity contribution in [2.45, 2.75) is 40.5 Å². The molecule has 116 valence electrons. The molecule has 0 aliphatic carbocycles. The highest BCUT2D eigenvalue weighted by atomic mass is 16.1. The minimum absolute atomic E-state index is 0.0320. The quantitative estimate of drug-likeness (QED) is 0.819. The molecular formula is C20H25NO. The van der Waals surface area contributed by atoms with Crippen molar-refractivity contribution in [3.05, 3.63) is 69.8 Å². The lowest BCUT2D eigenvalue weighted by Gasteiger charge is -2.10. The summed E-state index contributed by atoms with van der Waals surface area (Å²) in [6.45, 7) is 8.91. The fourth-order valence-electron chi connectivity index (χ4n) is 2.55. The molecule has 0 atom stereocenters. The third-order valence-corrected chi connectivity index (χ3v) is 4.13. The normalized spacial score (nSPS) is 10.5. The smallest absolute Gasteiger partial charge is 0.251 e. The van der Waals surface area contributed by atoms with Crippen LogP contribution in [0.1, 0.15) is 44.6 Å². The van der Waals surface area contributed by atoms with E-state index in [9.17, 15) is 4.79 Å². The van der Waals surface area contributed by atoms with E-state index in [1.807, 2.05) is 19.9 Å². The van der Waals surface area contributed by atoms with Crippen molar-refractivity contribution in [1.82, 2.24) is 5.32 Å². The highest BCUT2D eigenvalue weighted by Gasteiger charge is 2.09. The van der Waals surface area contributed by atoms with Crippen LogP contribution in [0.15, 0.2) is 36.4 Å². The van der Waals surface area contributed by atoms with Crippen LogP contribution in [-0.2, 0) is 6.42 Å². The highest BCUT2D eigenvalue weighted by molar-refractivity contribution is 5.95. The van der Waals surface area contributed by atoms with Crippen molar-refractivity contribution in [3.63, 3.8) is 0 Å². The Balaban J connectivity index is 1.85. The van der Waals surface area contributed by atoms with Crippen LogP contribution in [-0.4, -0.2) is 12.5 Å². The van der Waals surface area contributed by atoms with Gasteiger partial charge in [-0.3, -0.25) is 4.79 Å². The van der Waals surface area contributed by atoms with E-state index in [1.54, 1.807) is 0 Å². The van der Waals surface area contributed by atoms with Crippen molar-refractivity contribution in [1.29, 1.82) is 0 Å². The average molecular weight is 295 g/mol. The first-order chi connectivity index (χ1) is 10.5. The van der Waals surface area contributed by atoms with Crippen LogP contribution in [0.4, 0.5) is 0 Å². The molecule has 0 fully saturated rings. The Morgan fingerprint density at radius 3 is 2.23 bits per heavy atom. The van der Waals surface area contributed by atoms with E-state index in [0.29, 0.717) is 6.54 Å². The van der Waals surface area contributed by atoms with Crippen LogP contribution in [0, 0.1) is 27.7 Å². The van der Waals surface area contributed by atoms with Gasteiger partial charge in [-0.15, -0.1) is 0 Å². The maximum Gasteiger partial charge on any atom is 0.251 e. The van der Waals surface area contributed by atoms with E-state index >= 15 is 0 Å². The van der Waals surface area contributed by atoms with E-state index in [0.717, 1.165) is 29.5 Å². The van der Waals surface area contributed by atoms with Gasteiger partial charge in [0.25, 0.3) is 5.91 Å². The van der Waals surface area contributed by atoms with Gasteiger partial charge in [0.15, 0.2) is 0 Å². The molecule has 0 spiro atoms. The maximum atomic E-state index is 12.3. The largest absolute Gasteiger partial charge is 0.352 e. The van der Waals surface area contributed by atoms with E-state index < -0.39 is 0 Å². The minimum atomic E-state index is 0.0320. The zero-order valence-corrected chi connectivity index (χ0v) is 14.0. The van der Waals surface area contributed by atoms with E-state index in [-0.39, 0.29) is 5.91 Å². The molecule has 0 saturated heterocycles. The number of rotatable bonds is 5. The molecule has 0 heterocycles. The zero-order valence-electron chi connectivity index (χ0n) is 14.0. The first-order valence-corrected chi connectivity index (χ1v) is 7.89. The Bertz CT molecular complexity index is 656. The van der Waals surface area contributed by atoms with Gasteiger partial charge in [0, 0.05) is 12.1 Å². The van der Waals surface area contributed by atoms with Crippen LogP contribution in [0.3, 0.4) is 0 Å². The number of hydrogen-bond donors (Lipinski definition) is 1. The van der Waals surface area contributed by atoms with E-state index in [4.69, 9.17) is 0 Å². The molecule has 1 amide bonds. The standard InChI is InChI=1S/C20H25NO/c1-14-7-9-18(10-8-14)6-5-11-21-20(22)19-13-16(3)15(2)12-17(19)4/h7-10,12-13H,5-6,11H2,1-4H3,(H,21,22). The fraction of sp³-hybridized carbons (Fsp3) is 0.350. The minimum Gasteiger partial charge on any atom is -0.352 e. The third-order valence-electron chi connectivity index (χ3n) is 4.13. The van der Waals surface area contributed by atoms with Gasteiger partial charge in [-0.2, -0.15) is 0 Å². The molecule has 0 bridgehead atoms. The first kappa shape index (κ1) is 16.3. The molecule has 2 rings (SSSR count). The number of hydrogen-bond acceptors (Lipinski definition) is 1. The molecule has 2 aromatic rings. The van der Waals surface area contributed by atoms with Crippen molar-refractivity contribution in [3.8, 4) is 0 Å². The van der Waals surface area contributed by atoms with Crippen LogP contribution in [0.25, 0.3) is 0 Å². The van der Waals surface area contributed by atoms with Gasteiger partial charge in [0.2, 0.25) is 0 Å². The van der Waals surface area contributed by atoms with Crippen molar-refractivity contribution < 1.29 is 4.79 Å². The second kappa shape index (κ2) is 7.26. The Kier molecular flexibility index (Phi) is 5.37. The number of carbonyl (C=O) groups excluding carboxylic acids is 1. The summed E-state index contributed by atoms with van der Waals surface area (Å²) in [6.07, 6.45) is 1.95. The predicted molar refractivity (Wildman–Crippen MR) is 92.5 cm³/mol. The third kappa shape index (κ3) is 4.20. The van der Waals surface area contributed by atoms with Gasteiger partial charge in [-0.1, -0.05) is 35.9 Å². The number of carbonyl (C=O) groups is 1. The van der Waals surface area contributed by atoms with Crippen LogP contribution in [0.2, 0.25) is 0 Å². The molecular weight excluding hydrogens is 270 g/mol. The summed E-state index contributed by atoms with van der Waals surface area (Å²) >= 11 is 0.